The Bertz CT molecular complexity index is 433. The Hall–Kier alpha value is -1.19. The molecule has 19 heavy (non-hydrogen) atoms. The minimum absolute atomic E-state index is 0.0713. The maximum absolute atomic E-state index is 11.9. The maximum atomic E-state index is 11.9. The van der Waals surface area contributed by atoms with Gasteiger partial charge >= 0.3 is 11.9 Å². The molecule has 0 bridgehead atoms. The van der Waals surface area contributed by atoms with Crippen LogP contribution in [-0.4, -0.2) is 69.9 Å². The fraction of sp³-hybridized carbons (Fsp3) is 0.800. The summed E-state index contributed by atoms with van der Waals surface area (Å²) in [5, 5.41) is 0. The Balaban J connectivity index is 2.67. The third-order valence-electron chi connectivity index (χ3n) is 2.49. The van der Waals surface area contributed by atoms with E-state index >= 15 is 0 Å². The fourth-order valence-electron chi connectivity index (χ4n) is 1.60. The molecule has 1 heterocycles. The van der Waals surface area contributed by atoms with E-state index in [0.29, 0.717) is 0 Å². The Labute approximate surface area is 111 Å². The Morgan fingerprint density at radius 3 is 2.68 bits per heavy atom. The molecule has 0 amide bonds. The summed E-state index contributed by atoms with van der Waals surface area (Å²) < 4.78 is 39.1. The topological polar surface area (TPSA) is 99.2 Å². The molecule has 0 aromatic rings. The third-order valence-corrected chi connectivity index (χ3v) is 4.21. The van der Waals surface area contributed by atoms with Crippen LogP contribution in [0.2, 0.25) is 0 Å². The Kier molecular flexibility index (Phi) is 5.70. The zero-order valence-corrected chi connectivity index (χ0v) is 11.6. The molecule has 0 aromatic carbocycles. The minimum Gasteiger partial charge on any atom is -0.467 e. The molecule has 1 fully saturated rings. The van der Waals surface area contributed by atoms with Gasteiger partial charge in [0.2, 0.25) is 10.0 Å². The van der Waals surface area contributed by atoms with Crippen LogP contribution in [0.25, 0.3) is 0 Å². The van der Waals surface area contributed by atoms with Gasteiger partial charge in [-0.1, -0.05) is 0 Å². The van der Waals surface area contributed by atoms with Crippen LogP contribution in [0, 0.1) is 0 Å². The second-order valence-corrected chi connectivity index (χ2v) is 5.77. The van der Waals surface area contributed by atoms with Crippen LogP contribution in [0.1, 0.15) is 6.92 Å². The van der Waals surface area contributed by atoms with Gasteiger partial charge in [0.15, 0.2) is 11.9 Å². The third kappa shape index (κ3) is 4.44. The predicted octanol–water partition coefficient (Wildman–Crippen LogP) is -1.25. The Morgan fingerprint density at radius 2 is 2.11 bits per heavy atom. The summed E-state index contributed by atoms with van der Waals surface area (Å²) in [5.74, 6) is -2.20. The lowest BCUT2D eigenvalue weighted by Crippen LogP contribution is -2.50. The first kappa shape index (κ1) is 15.9. The van der Waals surface area contributed by atoms with E-state index in [-0.39, 0.29) is 26.3 Å². The highest BCUT2D eigenvalue weighted by molar-refractivity contribution is 7.89. The number of hydrogen-bond donors (Lipinski definition) is 0. The molecule has 1 aliphatic heterocycles. The number of hydrogen-bond acceptors (Lipinski definition) is 7. The van der Waals surface area contributed by atoms with E-state index in [1.807, 2.05) is 0 Å². The van der Waals surface area contributed by atoms with Gasteiger partial charge in [-0.2, -0.15) is 4.31 Å². The molecule has 1 unspecified atom stereocenters. The van der Waals surface area contributed by atoms with E-state index in [1.54, 1.807) is 6.92 Å². The zero-order valence-electron chi connectivity index (χ0n) is 10.8. The van der Waals surface area contributed by atoms with Crippen LogP contribution < -0.4 is 0 Å². The van der Waals surface area contributed by atoms with Crippen LogP contribution in [0.4, 0.5) is 0 Å². The van der Waals surface area contributed by atoms with Crippen molar-refractivity contribution in [3.05, 3.63) is 0 Å². The first-order chi connectivity index (χ1) is 8.90. The molecule has 0 aliphatic carbocycles. The largest absolute Gasteiger partial charge is 0.467 e. The first-order valence-electron chi connectivity index (χ1n) is 5.73. The molecule has 9 heteroatoms. The predicted molar refractivity (Wildman–Crippen MR) is 63.7 cm³/mol. The number of rotatable bonds is 5. The number of ether oxygens (including phenoxy) is 3. The summed E-state index contributed by atoms with van der Waals surface area (Å²) >= 11 is 0. The highest BCUT2D eigenvalue weighted by Gasteiger charge is 2.35. The number of nitrogens with zero attached hydrogens (tertiary/aromatic N) is 1. The van der Waals surface area contributed by atoms with Crippen molar-refractivity contribution in [3.8, 4) is 0 Å². The standard InChI is InChI=1S/C10H17NO7S/c1-3-17-9(12)7-19(14,15)11-4-5-18-8(6-11)10(13)16-2/h8H,3-7H2,1-2H3. The number of morpholine rings is 1. The van der Waals surface area contributed by atoms with Crippen molar-refractivity contribution in [1.29, 1.82) is 0 Å². The van der Waals surface area contributed by atoms with E-state index in [1.165, 1.54) is 7.11 Å². The highest BCUT2D eigenvalue weighted by atomic mass is 32.2. The Morgan fingerprint density at radius 1 is 1.42 bits per heavy atom. The van der Waals surface area contributed by atoms with Gasteiger partial charge in [0, 0.05) is 6.54 Å². The molecular formula is C10H17NO7S. The minimum atomic E-state index is -3.81. The van der Waals surface area contributed by atoms with Gasteiger partial charge in [-0.3, -0.25) is 4.79 Å². The van der Waals surface area contributed by atoms with E-state index in [2.05, 4.69) is 9.47 Å². The number of methoxy groups -OCH3 is 1. The van der Waals surface area contributed by atoms with E-state index in [0.717, 1.165) is 4.31 Å². The zero-order chi connectivity index (χ0) is 14.5. The van der Waals surface area contributed by atoms with Crippen molar-refractivity contribution in [2.75, 3.05) is 39.2 Å². The van der Waals surface area contributed by atoms with Crippen LogP contribution in [0.15, 0.2) is 0 Å². The molecule has 1 atom stereocenters. The summed E-state index contributed by atoms with van der Waals surface area (Å²) in [7, 11) is -2.62. The SMILES string of the molecule is CCOC(=O)CS(=O)(=O)N1CCOC(C(=O)OC)C1. The van der Waals surface area contributed by atoms with Crippen LogP contribution in [0.5, 0.6) is 0 Å². The molecule has 0 N–H and O–H groups in total. The first-order valence-corrected chi connectivity index (χ1v) is 7.34. The summed E-state index contributed by atoms with van der Waals surface area (Å²) in [5.41, 5.74) is 0. The molecule has 1 aliphatic rings. The second kappa shape index (κ2) is 6.83. The number of sulfonamides is 1. The second-order valence-electron chi connectivity index (χ2n) is 3.80. The molecule has 110 valence electrons. The lowest BCUT2D eigenvalue weighted by molar-refractivity contribution is -0.157. The van der Waals surface area contributed by atoms with Crippen LogP contribution in [0.3, 0.4) is 0 Å². The van der Waals surface area contributed by atoms with Crippen molar-refractivity contribution >= 4 is 22.0 Å². The summed E-state index contributed by atoms with van der Waals surface area (Å²) in [6.45, 7) is 1.71. The van der Waals surface area contributed by atoms with Crippen LogP contribution >= 0.6 is 0 Å². The summed E-state index contributed by atoms with van der Waals surface area (Å²) in [4.78, 5) is 22.5. The van der Waals surface area contributed by atoms with Crippen molar-refractivity contribution in [1.82, 2.24) is 4.31 Å². The maximum Gasteiger partial charge on any atom is 0.336 e. The molecule has 8 nitrogen and oxygen atoms in total. The van der Waals surface area contributed by atoms with E-state index in [4.69, 9.17) is 4.74 Å². The van der Waals surface area contributed by atoms with Gasteiger partial charge in [-0.05, 0) is 6.92 Å². The van der Waals surface area contributed by atoms with Gasteiger partial charge < -0.3 is 14.2 Å². The smallest absolute Gasteiger partial charge is 0.336 e. The van der Waals surface area contributed by atoms with E-state index < -0.39 is 33.8 Å². The molecule has 0 saturated carbocycles. The summed E-state index contributed by atoms with van der Waals surface area (Å²) in [6.07, 6.45) is -0.962. The fourth-order valence-corrected chi connectivity index (χ4v) is 2.87. The van der Waals surface area contributed by atoms with Crippen molar-refractivity contribution in [2.45, 2.75) is 13.0 Å². The van der Waals surface area contributed by atoms with Crippen molar-refractivity contribution < 1.29 is 32.2 Å². The monoisotopic (exact) mass is 295 g/mol. The summed E-state index contributed by atoms with van der Waals surface area (Å²) in [6, 6.07) is 0. The quantitative estimate of drug-likeness (QED) is 0.584. The van der Waals surface area contributed by atoms with Gasteiger partial charge in [-0.25, -0.2) is 13.2 Å². The lowest BCUT2D eigenvalue weighted by atomic mass is 10.3. The number of carbonyl (C=O) groups excluding carboxylic acids is 2. The average molecular weight is 295 g/mol. The van der Waals surface area contributed by atoms with Gasteiger partial charge in [0.05, 0.1) is 26.9 Å². The molecular weight excluding hydrogens is 278 g/mol. The molecule has 1 rings (SSSR count). The molecule has 0 radical (unpaired) electrons. The van der Waals surface area contributed by atoms with Crippen molar-refractivity contribution in [3.63, 3.8) is 0 Å². The van der Waals surface area contributed by atoms with Crippen LogP contribution in [-0.2, 0) is 33.8 Å². The number of esters is 2. The van der Waals surface area contributed by atoms with Gasteiger partial charge in [0.1, 0.15) is 0 Å². The van der Waals surface area contributed by atoms with E-state index in [9.17, 15) is 18.0 Å². The highest BCUT2D eigenvalue weighted by Crippen LogP contribution is 2.12. The molecule has 0 aromatic heterocycles. The average Bonchev–Trinajstić information content (AvgIpc) is 2.37. The lowest BCUT2D eigenvalue weighted by Gasteiger charge is -2.30. The van der Waals surface area contributed by atoms with Crippen molar-refractivity contribution in [2.24, 2.45) is 0 Å². The van der Waals surface area contributed by atoms with Gasteiger partial charge in [-0.15, -0.1) is 0 Å². The normalized spacial score (nSPS) is 20.8. The number of carbonyl (C=O) groups is 2. The molecule has 1 saturated heterocycles. The molecule has 0 spiro atoms. The van der Waals surface area contributed by atoms with Gasteiger partial charge in [0.25, 0.3) is 0 Å².